The molecule has 0 N–H and O–H groups in total. The van der Waals surface area contributed by atoms with E-state index in [1.807, 2.05) is 68.4 Å². The molecule has 8 nitrogen and oxygen atoms in total. The Morgan fingerprint density at radius 1 is 0.953 bits per heavy atom. The highest BCUT2D eigenvalue weighted by Crippen LogP contribution is 2.37. The van der Waals surface area contributed by atoms with E-state index < -0.39 is 0 Å². The minimum absolute atomic E-state index is 0.264. The maximum Gasteiger partial charge on any atom is 0.282 e. The zero-order valence-corrected chi connectivity index (χ0v) is 25.4. The maximum atomic E-state index is 13.7. The van der Waals surface area contributed by atoms with Gasteiger partial charge in [0.15, 0.2) is 17.3 Å². The molecule has 0 aliphatic heterocycles. The Morgan fingerprint density at radius 2 is 1.79 bits per heavy atom. The molecule has 0 aliphatic carbocycles. The van der Waals surface area contributed by atoms with Gasteiger partial charge in [0.05, 0.1) is 40.7 Å². The number of fused-ring (bicyclic) bond motifs is 2. The number of hydrogen-bond acceptors (Lipinski definition) is 7. The van der Waals surface area contributed by atoms with Crippen LogP contribution >= 0.6 is 15.9 Å². The largest absolute Gasteiger partial charge is 0.496 e. The van der Waals surface area contributed by atoms with Crippen molar-refractivity contribution in [3.05, 3.63) is 116 Å². The van der Waals surface area contributed by atoms with Crippen LogP contribution in [0.5, 0.6) is 17.2 Å². The Hall–Kier alpha value is -4.89. The summed E-state index contributed by atoms with van der Waals surface area (Å²) in [5.74, 6) is 2.45. The molecule has 43 heavy (non-hydrogen) atoms. The maximum absolute atomic E-state index is 13.7. The van der Waals surface area contributed by atoms with Gasteiger partial charge in [0, 0.05) is 0 Å². The van der Waals surface area contributed by atoms with Crippen LogP contribution in [0.3, 0.4) is 0 Å². The summed E-state index contributed by atoms with van der Waals surface area (Å²) in [6.07, 6.45) is 1.59. The summed E-state index contributed by atoms with van der Waals surface area (Å²) in [6.45, 7) is 4.79. The first-order valence-corrected chi connectivity index (χ1v) is 14.5. The molecule has 6 rings (SSSR count). The van der Waals surface area contributed by atoms with Crippen molar-refractivity contribution in [2.45, 2.75) is 20.5 Å². The minimum Gasteiger partial charge on any atom is -0.496 e. The van der Waals surface area contributed by atoms with Gasteiger partial charge < -0.3 is 18.6 Å². The van der Waals surface area contributed by atoms with E-state index >= 15 is 0 Å². The predicted molar refractivity (Wildman–Crippen MR) is 172 cm³/mol. The van der Waals surface area contributed by atoms with Crippen LogP contribution in [0.1, 0.15) is 23.6 Å². The molecule has 0 saturated carbocycles. The van der Waals surface area contributed by atoms with Gasteiger partial charge in [-0.1, -0.05) is 48.0 Å². The molecule has 216 valence electrons. The van der Waals surface area contributed by atoms with Crippen molar-refractivity contribution in [1.82, 2.24) is 9.66 Å². The molecule has 0 atom stereocenters. The molecule has 6 aromatic rings. The number of benzene rings is 4. The van der Waals surface area contributed by atoms with Gasteiger partial charge in [0.1, 0.15) is 17.9 Å². The second-order valence-corrected chi connectivity index (χ2v) is 10.7. The second-order valence-electron chi connectivity index (χ2n) is 9.84. The third kappa shape index (κ3) is 5.76. The fourth-order valence-electron chi connectivity index (χ4n) is 4.86. The van der Waals surface area contributed by atoms with Crippen molar-refractivity contribution < 1.29 is 18.6 Å². The standard InChI is InChI=1S/C34H28BrN3O5/c1-4-41-30-17-23(16-26(35)32(30)42-20-22-10-7-9-21(2)15-22)19-36-38-33(37-27-12-6-5-11-24(27)34(38)39)31-18-25-28(40-3)13-8-14-29(25)43-31/h5-19H,4,20H2,1-3H3. The summed E-state index contributed by atoms with van der Waals surface area (Å²) >= 11 is 3.64. The smallest absolute Gasteiger partial charge is 0.282 e. The lowest BCUT2D eigenvalue weighted by Gasteiger charge is -2.15. The number of aryl methyl sites for hydroxylation is 1. The summed E-state index contributed by atoms with van der Waals surface area (Å²) in [5.41, 5.74) is 3.73. The van der Waals surface area contributed by atoms with Crippen LogP contribution in [0.2, 0.25) is 0 Å². The van der Waals surface area contributed by atoms with Crippen LogP contribution in [0, 0.1) is 6.92 Å². The summed E-state index contributed by atoms with van der Waals surface area (Å²) in [5, 5.41) is 5.80. The van der Waals surface area contributed by atoms with E-state index in [1.54, 1.807) is 37.6 Å². The van der Waals surface area contributed by atoms with Crippen LogP contribution < -0.4 is 19.8 Å². The first kappa shape index (κ1) is 28.2. The number of aromatic nitrogens is 2. The molecule has 0 spiro atoms. The molecule has 0 saturated heterocycles. The van der Waals surface area contributed by atoms with Crippen LogP contribution in [-0.4, -0.2) is 29.6 Å². The summed E-state index contributed by atoms with van der Waals surface area (Å²) in [7, 11) is 1.60. The van der Waals surface area contributed by atoms with E-state index in [-0.39, 0.29) is 11.4 Å². The van der Waals surface area contributed by atoms with Crippen LogP contribution in [-0.2, 0) is 6.61 Å². The zero-order chi connectivity index (χ0) is 29.9. The Kier molecular flexibility index (Phi) is 7.98. The quantitative estimate of drug-likeness (QED) is 0.151. The van der Waals surface area contributed by atoms with Crippen molar-refractivity contribution in [3.63, 3.8) is 0 Å². The van der Waals surface area contributed by atoms with Crippen LogP contribution in [0.25, 0.3) is 33.5 Å². The van der Waals surface area contributed by atoms with E-state index in [0.29, 0.717) is 62.7 Å². The molecule has 9 heteroatoms. The Balaban J connectivity index is 1.41. The number of methoxy groups -OCH3 is 1. The van der Waals surface area contributed by atoms with Crippen LogP contribution in [0.4, 0.5) is 0 Å². The Bertz CT molecular complexity index is 2050. The van der Waals surface area contributed by atoms with Gasteiger partial charge in [-0.15, -0.1) is 0 Å². The van der Waals surface area contributed by atoms with Gasteiger partial charge in [0.25, 0.3) is 5.56 Å². The lowest BCUT2D eigenvalue weighted by molar-refractivity contribution is 0.267. The van der Waals surface area contributed by atoms with Crippen molar-refractivity contribution in [1.29, 1.82) is 0 Å². The van der Waals surface area contributed by atoms with E-state index in [9.17, 15) is 4.79 Å². The van der Waals surface area contributed by atoms with Crippen molar-refractivity contribution in [3.8, 4) is 28.8 Å². The molecule has 0 unspecified atom stereocenters. The molecule has 0 radical (unpaired) electrons. The number of rotatable bonds is 9. The van der Waals surface area contributed by atoms with Gasteiger partial charge in [0.2, 0.25) is 5.82 Å². The summed E-state index contributed by atoms with van der Waals surface area (Å²) < 4.78 is 25.7. The van der Waals surface area contributed by atoms with Crippen LogP contribution in [0.15, 0.2) is 104 Å². The fraction of sp³-hybridized carbons (Fsp3) is 0.147. The van der Waals surface area contributed by atoms with Gasteiger partial charge in [-0.3, -0.25) is 4.79 Å². The SMILES string of the molecule is CCOc1cc(C=Nn2c(-c3cc4c(OC)cccc4o3)nc3ccccc3c2=O)cc(Br)c1OCc1cccc(C)c1. The molecule has 4 aromatic carbocycles. The molecule has 2 aromatic heterocycles. The molecular weight excluding hydrogens is 610 g/mol. The van der Waals surface area contributed by atoms with Gasteiger partial charge in [-0.2, -0.15) is 9.78 Å². The number of para-hydroxylation sites is 1. The zero-order valence-electron chi connectivity index (χ0n) is 23.8. The number of ether oxygens (including phenoxy) is 3. The highest BCUT2D eigenvalue weighted by molar-refractivity contribution is 9.10. The first-order valence-electron chi connectivity index (χ1n) is 13.7. The topological polar surface area (TPSA) is 88.1 Å². The lowest BCUT2D eigenvalue weighted by atomic mass is 10.1. The second kappa shape index (κ2) is 12.1. The number of hydrogen-bond donors (Lipinski definition) is 0. The molecular formula is C34H28BrN3O5. The number of nitrogens with zero attached hydrogens (tertiary/aromatic N) is 3. The average Bonchev–Trinajstić information content (AvgIpc) is 3.45. The molecule has 0 bridgehead atoms. The average molecular weight is 639 g/mol. The lowest BCUT2D eigenvalue weighted by Crippen LogP contribution is -2.20. The number of furan rings is 1. The van der Waals surface area contributed by atoms with Crippen molar-refractivity contribution in [2.24, 2.45) is 5.10 Å². The third-order valence-electron chi connectivity index (χ3n) is 6.84. The molecule has 0 amide bonds. The fourth-order valence-corrected chi connectivity index (χ4v) is 5.43. The Labute approximate surface area is 256 Å². The van der Waals surface area contributed by atoms with E-state index in [4.69, 9.17) is 23.6 Å². The third-order valence-corrected chi connectivity index (χ3v) is 7.42. The summed E-state index contributed by atoms with van der Waals surface area (Å²) in [4.78, 5) is 18.5. The highest BCUT2D eigenvalue weighted by atomic mass is 79.9. The van der Waals surface area contributed by atoms with E-state index in [0.717, 1.165) is 16.5 Å². The minimum atomic E-state index is -0.327. The first-order chi connectivity index (χ1) is 20.9. The van der Waals surface area contributed by atoms with Crippen molar-refractivity contribution >= 4 is 44.0 Å². The van der Waals surface area contributed by atoms with Crippen molar-refractivity contribution in [2.75, 3.05) is 13.7 Å². The predicted octanol–water partition coefficient (Wildman–Crippen LogP) is 7.75. The van der Waals surface area contributed by atoms with E-state index in [1.165, 1.54) is 4.68 Å². The molecule has 0 fully saturated rings. The number of halogens is 1. The molecule has 2 heterocycles. The van der Waals surface area contributed by atoms with Gasteiger partial charge in [-0.25, -0.2) is 4.98 Å². The summed E-state index contributed by atoms with van der Waals surface area (Å²) in [6, 6.07) is 26.3. The highest BCUT2D eigenvalue weighted by Gasteiger charge is 2.18. The van der Waals surface area contributed by atoms with E-state index in [2.05, 4.69) is 27.1 Å². The van der Waals surface area contributed by atoms with Gasteiger partial charge in [-0.05, 0) is 83.4 Å². The monoisotopic (exact) mass is 637 g/mol. The molecule has 0 aliphatic rings. The van der Waals surface area contributed by atoms with Gasteiger partial charge >= 0.3 is 0 Å². The normalized spacial score (nSPS) is 11.4. The Morgan fingerprint density at radius 3 is 2.60 bits per heavy atom.